The molecule has 3 rings (SSSR count). The molecule has 3 heterocycles. The molecule has 0 aliphatic carbocycles. The van der Waals surface area contributed by atoms with E-state index in [1.807, 2.05) is 0 Å². The number of alkyl halides is 3. The molecule has 1 fully saturated rings. The lowest BCUT2D eigenvalue weighted by atomic mass is 10.0. The molecular formula is C18H20ClF3N4O2. The average Bonchev–Trinajstić information content (AvgIpc) is 2.62. The second-order valence-corrected chi connectivity index (χ2v) is 6.48. The van der Waals surface area contributed by atoms with Gasteiger partial charge in [-0.15, -0.1) is 12.4 Å². The molecule has 1 amide bonds. The quantitative estimate of drug-likeness (QED) is 0.805. The minimum Gasteiger partial charge on any atom is -0.320 e. The van der Waals surface area contributed by atoms with Crippen LogP contribution in [0.1, 0.15) is 40.4 Å². The molecule has 10 heteroatoms. The second kappa shape index (κ2) is 8.74. The Hall–Kier alpha value is -2.39. The number of hydrogen-bond acceptors (Lipinski definition) is 4. The van der Waals surface area contributed by atoms with Gasteiger partial charge in [0.1, 0.15) is 5.56 Å². The largest absolute Gasteiger partial charge is 0.417 e. The third-order valence-corrected chi connectivity index (χ3v) is 4.58. The van der Waals surface area contributed by atoms with Crippen molar-refractivity contribution in [2.45, 2.75) is 32.0 Å². The Balaban J connectivity index is 0.00000280. The lowest BCUT2D eigenvalue weighted by Gasteiger charge is -2.25. The van der Waals surface area contributed by atoms with Gasteiger partial charge in [0.25, 0.3) is 11.5 Å². The van der Waals surface area contributed by atoms with Crippen LogP contribution in [0.25, 0.3) is 0 Å². The van der Waals surface area contributed by atoms with Crippen molar-refractivity contribution >= 4 is 24.0 Å². The standard InChI is InChI=1S/C18H19F3N4O2.ClH/c1-11-4-7-25(14-2-5-22-6-3-14)17(27)15(11)16(26)24-13-8-12(9-23-10-13)18(19,20)21;/h4,7-10,14,22H,2-3,5-6H2,1H3,(H,24,26);1H. The number of nitrogens with zero attached hydrogens (tertiary/aromatic N) is 2. The first-order chi connectivity index (χ1) is 12.8. The first-order valence-electron chi connectivity index (χ1n) is 8.53. The number of carbonyl (C=O) groups excluding carboxylic acids is 1. The number of rotatable bonds is 3. The van der Waals surface area contributed by atoms with E-state index in [1.54, 1.807) is 19.2 Å². The maximum absolute atomic E-state index is 12.8. The molecule has 0 bridgehead atoms. The van der Waals surface area contributed by atoms with Gasteiger partial charge < -0.3 is 15.2 Å². The molecule has 0 spiro atoms. The number of anilines is 1. The predicted molar refractivity (Wildman–Crippen MR) is 101 cm³/mol. The molecule has 0 radical (unpaired) electrons. The van der Waals surface area contributed by atoms with Crippen molar-refractivity contribution in [3.05, 3.63) is 57.8 Å². The summed E-state index contributed by atoms with van der Waals surface area (Å²) in [7, 11) is 0. The van der Waals surface area contributed by atoms with Crippen LogP contribution < -0.4 is 16.2 Å². The number of piperidine rings is 1. The number of aromatic nitrogens is 2. The summed E-state index contributed by atoms with van der Waals surface area (Å²) in [6, 6.07) is 2.44. The van der Waals surface area contributed by atoms with E-state index in [9.17, 15) is 22.8 Å². The van der Waals surface area contributed by atoms with Gasteiger partial charge in [-0.3, -0.25) is 14.6 Å². The third kappa shape index (κ3) is 4.71. The van der Waals surface area contributed by atoms with Crippen molar-refractivity contribution in [3.63, 3.8) is 0 Å². The molecule has 2 aromatic rings. The zero-order valence-electron chi connectivity index (χ0n) is 15.0. The Morgan fingerprint density at radius 1 is 1.29 bits per heavy atom. The van der Waals surface area contributed by atoms with Gasteiger partial charge in [-0.05, 0) is 50.6 Å². The maximum Gasteiger partial charge on any atom is 0.417 e. The van der Waals surface area contributed by atoms with Crippen molar-refractivity contribution in [1.29, 1.82) is 0 Å². The van der Waals surface area contributed by atoms with Gasteiger partial charge in [-0.2, -0.15) is 13.2 Å². The van der Waals surface area contributed by atoms with E-state index in [1.165, 1.54) is 4.57 Å². The van der Waals surface area contributed by atoms with Crippen LogP contribution in [0.15, 0.2) is 35.5 Å². The maximum atomic E-state index is 12.8. The highest BCUT2D eigenvalue weighted by molar-refractivity contribution is 6.04. The molecule has 28 heavy (non-hydrogen) atoms. The summed E-state index contributed by atoms with van der Waals surface area (Å²) in [4.78, 5) is 28.9. The van der Waals surface area contributed by atoms with Gasteiger partial charge in [0.2, 0.25) is 0 Å². The minimum absolute atomic E-state index is 0. The number of hydrogen-bond donors (Lipinski definition) is 2. The van der Waals surface area contributed by atoms with Gasteiger partial charge in [0, 0.05) is 18.4 Å². The molecular weight excluding hydrogens is 397 g/mol. The van der Waals surface area contributed by atoms with Crippen LogP contribution in [0.4, 0.5) is 18.9 Å². The molecule has 1 aliphatic heterocycles. The Morgan fingerprint density at radius 2 is 1.96 bits per heavy atom. The number of carbonyl (C=O) groups is 1. The summed E-state index contributed by atoms with van der Waals surface area (Å²) >= 11 is 0. The Bertz CT molecular complexity index is 908. The molecule has 0 atom stereocenters. The highest BCUT2D eigenvalue weighted by Gasteiger charge is 2.31. The van der Waals surface area contributed by atoms with Crippen molar-refractivity contribution in [3.8, 4) is 0 Å². The van der Waals surface area contributed by atoms with Gasteiger partial charge in [0.05, 0.1) is 17.4 Å². The molecule has 2 N–H and O–H groups in total. The summed E-state index contributed by atoms with van der Waals surface area (Å²) < 4.78 is 39.9. The van der Waals surface area contributed by atoms with Gasteiger partial charge in [-0.25, -0.2) is 0 Å². The molecule has 0 unspecified atom stereocenters. The van der Waals surface area contributed by atoms with Crippen LogP contribution in [0.5, 0.6) is 0 Å². The van der Waals surface area contributed by atoms with Crippen LogP contribution in [-0.4, -0.2) is 28.5 Å². The fraction of sp³-hybridized carbons (Fsp3) is 0.389. The van der Waals surface area contributed by atoms with E-state index in [0.29, 0.717) is 11.8 Å². The van der Waals surface area contributed by atoms with E-state index >= 15 is 0 Å². The monoisotopic (exact) mass is 416 g/mol. The van der Waals surface area contributed by atoms with E-state index < -0.39 is 23.2 Å². The summed E-state index contributed by atoms with van der Waals surface area (Å²) in [5.41, 5.74) is -1.15. The number of pyridine rings is 2. The minimum atomic E-state index is -4.57. The fourth-order valence-corrected chi connectivity index (χ4v) is 3.15. The van der Waals surface area contributed by atoms with Crippen molar-refractivity contribution < 1.29 is 18.0 Å². The Morgan fingerprint density at radius 3 is 2.61 bits per heavy atom. The van der Waals surface area contributed by atoms with E-state index in [4.69, 9.17) is 0 Å². The lowest BCUT2D eigenvalue weighted by molar-refractivity contribution is -0.137. The number of aryl methyl sites for hydroxylation is 1. The molecule has 152 valence electrons. The van der Waals surface area contributed by atoms with E-state index in [-0.39, 0.29) is 29.7 Å². The van der Waals surface area contributed by atoms with Crippen LogP contribution in [0.3, 0.4) is 0 Å². The average molecular weight is 417 g/mol. The molecule has 2 aromatic heterocycles. The summed E-state index contributed by atoms with van der Waals surface area (Å²) in [5.74, 6) is -0.748. The third-order valence-electron chi connectivity index (χ3n) is 4.58. The fourth-order valence-electron chi connectivity index (χ4n) is 3.15. The topological polar surface area (TPSA) is 76.0 Å². The first kappa shape index (κ1) is 21.9. The van der Waals surface area contributed by atoms with Gasteiger partial charge >= 0.3 is 6.18 Å². The van der Waals surface area contributed by atoms with Gasteiger partial charge in [0.15, 0.2) is 0 Å². The van der Waals surface area contributed by atoms with Crippen molar-refractivity contribution in [2.24, 2.45) is 0 Å². The number of nitrogens with one attached hydrogen (secondary N) is 2. The lowest BCUT2D eigenvalue weighted by Crippen LogP contribution is -2.37. The van der Waals surface area contributed by atoms with Crippen LogP contribution in [-0.2, 0) is 6.18 Å². The predicted octanol–water partition coefficient (Wildman–Crippen LogP) is 3.17. The molecule has 0 saturated carbocycles. The molecule has 6 nitrogen and oxygen atoms in total. The SMILES string of the molecule is Cc1ccn(C2CCNCC2)c(=O)c1C(=O)Nc1cncc(C(F)(F)F)c1.Cl. The molecule has 1 aliphatic rings. The zero-order chi connectivity index (χ0) is 19.6. The van der Waals surface area contributed by atoms with E-state index in [0.717, 1.165) is 38.2 Å². The highest BCUT2D eigenvalue weighted by atomic mass is 35.5. The van der Waals surface area contributed by atoms with Crippen LogP contribution >= 0.6 is 12.4 Å². The smallest absolute Gasteiger partial charge is 0.320 e. The second-order valence-electron chi connectivity index (χ2n) is 6.48. The van der Waals surface area contributed by atoms with Crippen molar-refractivity contribution in [1.82, 2.24) is 14.9 Å². The van der Waals surface area contributed by atoms with Crippen molar-refractivity contribution in [2.75, 3.05) is 18.4 Å². The zero-order valence-corrected chi connectivity index (χ0v) is 15.9. The number of amides is 1. The highest BCUT2D eigenvalue weighted by Crippen LogP contribution is 2.30. The summed E-state index contributed by atoms with van der Waals surface area (Å²) in [6.45, 7) is 3.18. The van der Waals surface area contributed by atoms with Crippen LogP contribution in [0.2, 0.25) is 0 Å². The first-order valence-corrected chi connectivity index (χ1v) is 8.53. The van der Waals surface area contributed by atoms with Gasteiger partial charge in [-0.1, -0.05) is 0 Å². The normalized spacial score (nSPS) is 15.0. The van der Waals surface area contributed by atoms with Crippen LogP contribution in [0, 0.1) is 6.92 Å². The Labute approximate surface area is 165 Å². The number of halogens is 4. The summed E-state index contributed by atoms with van der Waals surface area (Å²) in [6.07, 6.45) is 0.405. The molecule has 1 saturated heterocycles. The molecule has 0 aromatic carbocycles. The Kier molecular flexibility index (Phi) is 6.84. The van der Waals surface area contributed by atoms with E-state index in [2.05, 4.69) is 15.6 Å². The summed E-state index contributed by atoms with van der Waals surface area (Å²) in [5, 5.41) is 5.56.